The third kappa shape index (κ3) is 68.0. The molecule has 0 rings (SSSR count). The second kappa shape index (κ2) is 69.9. The molecule has 0 radical (unpaired) electrons. The van der Waals surface area contributed by atoms with Crippen molar-refractivity contribution in [1.82, 2.24) is 0 Å². The standard InChI is InChI=1S/C75H138O6/c1-4-7-10-13-16-19-22-25-27-29-30-31-32-33-34-35-36-37-38-39-40-41-42-43-44-46-47-50-53-56-59-62-65-68-74(77)80-71-72(70-79-73(76)67-64-61-58-55-52-49-24-21-18-15-12-9-6-3)81-75(78)69-66-63-60-57-54-51-48-45-28-26-23-20-17-14-11-8-5-2/h12,15,21-22,24-25,29-30,72H,4-11,13-14,16-20,23,26-28,31-71H2,1-3H3/b15-12-,24-21-,25-22-,30-29-. The molecule has 0 heterocycles. The van der Waals surface area contributed by atoms with Gasteiger partial charge in [-0.1, -0.05) is 345 Å². The topological polar surface area (TPSA) is 78.9 Å². The van der Waals surface area contributed by atoms with Gasteiger partial charge in [0.25, 0.3) is 0 Å². The van der Waals surface area contributed by atoms with Gasteiger partial charge in [-0.05, 0) is 77.0 Å². The van der Waals surface area contributed by atoms with Crippen molar-refractivity contribution in [2.45, 2.75) is 399 Å². The summed E-state index contributed by atoms with van der Waals surface area (Å²) in [5, 5.41) is 0. The summed E-state index contributed by atoms with van der Waals surface area (Å²) in [7, 11) is 0. The first-order valence-corrected chi connectivity index (χ1v) is 36.1. The molecule has 1 atom stereocenters. The highest BCUT2D eigenvalue weighted by atomic mass is 16.6. The fourth-order valence-corrected chi connectivity index (χ4v) is 10.9. The number of carbonyl (C=O) groups is 3. The Morgan fingerprint density at radius 1 is 0.247 bits per heavy atom. The van der Waals surface area contributed by atoms with E-state index in [9.17, 15) is 14.4 Å². The van der Waals surface area contributed by atoms with Crippen LogP contribution in [0.25, 0.3) is 0 Å². The summed E-state index contributed by atoms with van der Waals surface area (Å²) in [6.07, 6.45) is 88.7. The molecule has 0 aliphatic heterocycles. The monoisotopic (exact) mass is 1140 g/mol. The molecule has 0 amide bonds. The Bertz CT molecular complexity index is 1400. The largest absolute Gasteiger partial charge is 0.462 e. The number of unbranched alkanes of at least 4 members (excludes halogenated alkanes) is 48. The van der Waals surface area contributed by atoms with Gasteiger partial charge in [0.05, 0.1) is 0 Å². The molecular weight excluding hydrogens is 997 g/mol. The van der Waals surface area contributed by atoms with E-state index in [1.54, 1.807) is 0 Å². The molecule has 6 nitrogen and oxygen atoms in total. The minimum Gasteiger partial charge on any atom is -0.462 e. The maximum atomic E-state index is 12.9. The van der Waals surface area contributed by atoms with E-state index in [1.165, 1.54) is 263 Å². The molecule has 81 heavy (non-hydrogen) atoms. The van der Waals surface area contributed by atoms with E-state index >= 15 is 0 Å². The smallest absolute Gasteiger partial charge is 0.306 e. The van der Waals surface area contributed by atoms with Gasteiger partial charge in [0.1, 0.15) is 13.2 Å². The van der Waals surface area contributed by atoms with Gasteiger partial charge in [0.2, 0.25) is 0 Å². The fourth-order valence-electron chi connectivity index (χ4n) is 10.9. The lowest BCUT2D eigenvalue weighted by molar-refractivity contribution is -0.167. The number of hydrogen-bond acceptors (Lipinski definition) is 6. The van der Waals surface area contributed by atoms with E-state index in [2.05, 4.69) is 69.4 Å². The van der Waals surface area contributed by atoms with Crippen LogP contribution in [0, 0.1) is 0 Å². The van der Waals surface area contributed by atoms with Gasteiger partial charge in [0.15, 0.2) is 6.10 Å². The molecule has 474 valence electrons. The van der Waals surface area contributed by atoms with Crippen molar-refractivity contribution in [3.63, 3.8) is 0 Å². The molecule has 0 saturated carbocycles. The zero-order valence-corrected chi connectivity index (χ0v) is 54.6. The molecule has 0 fully saturated rings. The number of ether oxygens (including phenoxy) is 3. The second-order valence-electron chi connectivity index (χ2n) is 24.5. The lowest BCUT2D eigenvalue weighted by atomic mass is 10.0. The second-order valence-corrected chi connectivity index (χ2v) is 24.5. The summed E-state index contributed by atoms with van der Waals surface area (Å²) in [6.45, 7) is 6.62. The Morgan fingerprint density at radius 3 is 0.728 bits per heavy atom. The third-order valence-corrected chi connectivity index (χ3v) is 16.3. The van der Waals surface area contributed by atoms with E-state index in [4.69, 9.17) is 14.2 Å². The van der Waals surface area contributed by atoms with E-state index in [0.29, 0.717) is 19.3 Å². The normalized spacial score (nSPS) is 12.3. The summed E-state index contributed by atoms with van der Waals surface area (Å²) < 4.78 is 17.0. The van der Waals surface area contributed by atoms with Crippen LogP contribution >= 0.6 is 0 Å². The van der Waals surface area contributed by atoms with Gasteiger partial charge in [-0.2, -0.15) is 0 Å². The Morgan fingerprint density at radius 2 is 0.469 bits per heavy atom. The first kappa shape index (κ1) is 78.4. The molecule has 0 N–H and O–H groups in total. The first-order chi connectivity index (χ1) is 40.0. The predicted molar refractivity (Wildman–Crippen MR) is 353 cm³/mol. The lowest BCUT2D eigenvalue weighted by Gasteiger charge is -2.18. The highest BCUT2D eigenvalue weighted by Crippen LogP contribution is 2.19. The zero-order valence-electron chi connectivity index (χ0n) is 54.6. The predicted octanol–water partition coefficient (Wildman–Crippen LogP) is 24.9. The molecule has 0 aromatic rings. The van der Waals surface area contributed by atoms with Gasteiger partial charge < -0.3 is 14.2 Å². The Kier molecular flexibility index (Phi) is 67.6. The molecule has 0 aliphatic rings. The van der Waals surface area contributed by atoms with Crippen LogP contribution in [0.15, 0.2) is 48.6 Å². The molecule has 1 unspecified atom stereocenters. The number of esters is 3. The van der Waals surface area contributed by atoms with Gasteiger partial charge in [-0.15, -0.1) is 0 Å². The Labute approximate surface area is 505 Å². The van der Waals surface area contributed by atoms with Crippen molar-refractivity contribution < 1.29 is 28.6 Å². The van der Waals surface area contributed by atoms with Crippen LogP contribution in [0.3, 0.4) is 0 Å². The maximum absolute atomic E-state index is 12.9. The van der Waals surface area contributed by atoms with Gasteiger partial charge in [-0.25, -0.2) is 0 Å². The van der Waals surface area contributed by atoms with E-state index in [0.717, 1.165) is 89.9 Å². The number of hydrogen-bond donors (Lipinski definition) is 0. The number of carbonyl (C=O) groups excluding carboxylic acids is 3. The molecular formula is C75H138O6. The number of allylic oxidation sites excluding steroid dienone is 8. The summed E-state index contributed by atoms with van der Waals surface area (Å²) in [6, 6.07) is 0. The van der Waals surface area contributed by atoms with Crippen molar-refractivity contribution in [1.29, 1.82) is 0 Å². The van der Waals surface area contributed by atoms with Crippen molar-refractivity contribution in [2.75, 3.05) is 13.2 Å². The van der Waals surface area contributed by atoms with Crippen molar-refractivity contribution in [3.05, 3.63) is 48.6 Å². The molecule has 0 bridgehead atoms. The van der Waals surface area contributed by atoms with E-state index < -0.39 is 6.10 Å². The molecule has 0 spiro atoms. The van der Waals surface area contributed by atoms with Gasteiger partial charge in [-0.3, -0.25) is 14.4 Å². The van der Waals surface area contributed by atoms with Crippen LogP contribution in [0.1, 0.15) is 393 Å². The summed E-state index contributed by atoms with van der Waals surface area (Å²) >= 11 is 0. The average molecular weight is 1140 g/mol. The average Bonchev–Trinajstić information content (AvgIpc) is 3.46. The van der Waals surface area contributed by atoms with Crippen molar-refractivity contribution in [2.24, 2.45) is 0 Å². The van der Waals surface area contributed by atoms with Crippen LogP contribution in [-0.4, -0.2) is 37.2 Å². The summed E-state index contributed by atoms with van der Waals surface area (Å²) in [5.41, 5.74) is 0. The van der Waals surface area contributed by atoms with Crippen LogP contribution in [0.5, 0.6) is 0 Å². The molecule has 0 aromatic heterocycles. The van der Waals surface area contributed by atoms with E-state index in [-0.39, 0.29) is 31.1 Å². The SMILES string of the molecule is CCC/C=C\C/C=C\CCCCCCCC(=O)OCC(COC(=O)CCCCCCCCCCCCCCCCCCCCCCC/C=C\C/C=C\CCCCCCC)OC(=O)CCCCCCCCCCCCCCCCCCC. The van der Waals surface area contributed by atoms with Gasteiger partial charge >= 0.3 is 17.9 Å². The summed E-state index contributed by atoms with van der Waals surface area (Å²) in [4.78, 5) is 38.4. The highest BCUT2D eigenvalue weighted by molar-refractivity contribution is 5.71. The van der Waals surface area contributed by atoms with Crippen molar-refractivity contribution >= 4 is 17.9 Å². The quantitative estimate of drug-likeness (QED) is 0.0261. The van der Waals surface area contributed by atoms with Crippen LogP contribution in [-0.2, 0) is 28.6 Å². The molecule has 6 heteroatoms. The maximum Gasteiger partial charge on any atom is 0.306 e. The third-order valence-electron chi connectivity index (χ3n) is 16.3. The highest BCUT2D eigenvalue weighted by Gasteiger charge is 2.19. The lowest BCUT2D eigenvalue weighted by Crippen LogP contribution is -2.30. The molecule has 0 aliphatic carbocycles. The summed E-state index contributed by atoms with van der Waals surface area (Å²) in [5.74, 6) is -0.859. The minimum atomic E-state index is -0.776. The first-order valence-electron chi connectivity index (χ1n) is 36.1. The molecule has 0 aromatic carbocycles. The molecule has 0 saturated heterocycles. The Balaban J connectivity index is 4.11. The Hall–Kier alpha value is -2.63. The van der Waals surface area contributed by atoms with Crippen LogP contribution < -0.4 is 0 Å². The van der Waals surface area contributed by atoms with Crippen molar-refractivity contribution in [3.8, 4) is 0 Å². The van der Waals surface area contributed by atoms with Gasteiger partial charge in [0, 0.05) is 19.3 Å². The van der Waals surface area contributed by atoms with Crippen LogP contribution in [0.2, 0.25) is 0 Å². The fraction of sp³-hybridized carbons (Fsp3) is 0.853. The van der Waals surface area contributed by atoms with Crippen LogP contribution in [0.4, 0.5) is 0 Å². The number of rotatable bonds is 67. The van der Waals surface area contributed by atoms with E-state index in [1.807, 2.05) is 0 Å². The minimum absolute atomic E-state index is 0.0718. The zero-order chi connectivity index (χ0) is 58.5.